The van der Waals surface area contributed by atoms with Gasteiger partial charge in [-0.1, -0.05) is 30.3 Å². The van der Waals surface area contributed by atoms with Crippen molar-refractivity contribution >= 4 is 11.6 Å². The van der Waals surface area contributed by atoms with E-state index in [9.17, 15) is 17.6 Å². The van der Waals surface area contributed by atoms with Gasteiger partial charge in [-0.05, 0) is 46.8 Å². The fourth-order valence-corrected chi connectivity index (χ4v) is 3.20. The molecule has 0 aliphatic carbocycles. The maximum atomic E-state index is 13.9. The van der Waals surface area contributed by atoms with E-state index in [0.717, 1.165) is 17.7 Å². The van der Waals surface area contributed by atoms with Gasteiger partial charge in [-0.2, -0.15) is 8.78 Å². The van der Waals surface area contributed by atoms with E-state index in [4.69, 9.17) is 21.1 Å². The molecule has 0 saturated carbocycles. The Bertz CT molecular complexity index is 802. The lowest BCUT2D eigenvalue weighted by atomic mass is 10.00. The molecule has 1 heterocycles. The number of aryl methyl sites for hydroxylation is 1. The summed E-state index contributed by atoms with van der Waals surface area (Å²) in [7, 11) is 0. The van der Waals surface area contributed by atoms with Gasteiger partial charge in [-0.15, -0.1) is 6.58 Å². The highest BCUT2D eigenvalue weighted by molar-refractivity contribution is 6.21. The zero-order valence-corrected chi connectivity index (χ0v) is 15.7. The summed E-state index contributed by atoms with van der Waals surface area (Å²) in [6, 6.07) is 8.68. The van der Waals surface area contributed by atoms with Crippen molar-refractivity contribution in [2.24, 2.45) is 5.92 Å². The van der Waals surface area contributed by atoms with E-state index in [-0.39, 0.29) is 17.8 Å². The molecule has 0 spiro atoms. The molecule has 2 nitrogen and oxygen atoms in total. The summed E-state index contributed by atoms with van der Waals surface area (Å²) in [4.78, 5) is 0. The third-order valence-corrected chi connectivity index (χ3v) is 4.80. The average Bonchev–Trinajstić information content (AvgIpc) is 2.65. The lowest BCUT2D eigenvalue weighted by Gasteiger charge is -2.27. The van der Waals surface area contributed by atoms with Crippen LogP contribution in [0.15, 0.2) is 49.1 Å². The summed E-state index contributed by atoms with van der Waals surface area (Å²) in [5.41, 5.74) is 0.206. The maximum absolute atomic E-state index is 13.9. The monoisotopic (exact) mass is 414 g/mol. The highest BCUT2D eigenvalue weighted by atomic mass is 35.5. The van der Waals surface area contributed by atoms with E-state index in [1.165, 1.54) is 0 Å². The van der Waals surface area contributed by atoms with Gasteiger partial charge in [0.2, 0.25) is 0 Å². The number of halogens is 5. The standard InChI is InChI=1S/C21H19ClF4O2/c1-2-13-11-27-19(28-12-13)8-5-14-3-6-15(7-4-14)16-9-17(23)20(18(24)10-16)21(22,25)26/h2-4,6-7,9-10,13,19H,1,5,8,11-12H2. The molecule has 0 aromatic heterocycles. The zero-order chi connectivity index (χ0) is 20.3. The molecule has 0 unspecified atom stereocenters. The molecule has 0 N–H and O–H groups in total. The van der Waals surface area contributed by atoms with Crippen LogP contribution in [0.5, 0.6) is 0 Å². The van der Waals surface area contributed by atoms with Crippen LogP contribution in [-0.2, 0) is 21.3 Å². The third kappa shape index (κ3) is 4.93. The smallest absolute Gasteiger partial charge is 0.352 e. The summed E-state index contributed by atoms with van der Waals surface area (Å²) in [5.74, 6) is -2.56. The van der Waals surface area contributed by atoms with E-state index >= 15 is 0 Å². The first kappa shape index (κ1) is 20.8. The van der Waals surface area contributed by atoms with Crippen molar-refractivity contribution in [2.75, 3.05) is 13.2 Å². The minimum Gasteiger partial charge on any atom is -0.352 e. The molecule has 28 heavy (non-hydrogen) atoms. The second kappa shape index (κ2) is 8.64. The number of hydrogen-bond donors (Lipinski definition) is 0. The van der Waals surface area contributed by atoms with Crippen LogP contribution < -0.4 is 0 Å². The van der Waals surface area contributed by atoms with Crippen molar-refractivity contribution in [3.63, 3.8) is 0 Å². The summed E-state index contributed by atoms with van der Waals surface area (Å²) < 4.78 is 65.3. The number of ether oxygens (including phenoxy) is 2. The number of benzene rings is 2. The van der Waals surface area contributed by atoms with Gasteiger partial charge in [-0.25, -0.2) is 8.78 Å². The van der Waals surface area contributed by atoms with Crippen LogP contribution in [0.4, 0.5) is 17.6 Å². The van der Waals surface area contributed by atoms with Crippen LogP contribution in [0.3, 0.4) is 0 Å². The minimum atomic E-state index is -4.11. The van der Waals surface area contributed by atoms with Crippen LogP contribution in [-0.4, -0.2) is 19.5 Å². The Balaban J connectivity index is 1.65. The Morgan fingerprint density at radius 2 is 1.61 bits per heavy atom. The fraction of sp³-hybridized carbons (Fsp3) is 0.333. The van der Waals surface area contributed by atoms with Crippen molar-refractivity contribution < 1.29 is 27.0 Å². The lowest BCUT2D eigenvalue weighted by molar-refractivity contribution is -0.195. The Morgan fingerprint density at radius 3 is 2.11 bits per heavy atom. The number of hydrogen-bond acceptors (Lipinski definition) is 2. The largest absolute Gasteiger partial charge is 0.353 e. The van der Waals surface area contributed by atoms with Gasteiger partial charge >= 0.3 is 5.38 Å². The Labute approximate surface area is 165 Å². The van der Waals surface area contributed by atoms with Gasteiger partial charge in [0.1, 0.15) is 17.2 Å². The third-order valence-electron chi connectivity index (χ3n) is 4.61. The summed E-state index contributed by atoms with van der Waals surface area (Å²) >= 11 is 4.76. The molecule has 1 saturated heterocycles. The van der Waals surface area contributed by atoms with Gasteiger partial charge < -0.3 is 9.47 Å². The first-order valence-electron chi connectivity index (χ1n) is 8.79. The molecule has 3 rings (SSSR count). The van der Waals surface area contributed by atoms with Crippen LogP contribution in [0.1, 0.15) is 17.5 Å². The Kier molecular flexibility index (Phi) is 6.43. The molecule has 0 atom stereocenters. The average molecular weight is 415 g/mol. The molecule has 1 aliphatic heterocycles. The second-order valence-electron chi connectivity index (χ2n) is 6.64. The molecule has 2 aromatic carbocycles. The molecule has 7 heteroatoms. The van der Waals surface area contributed by atoms with E-state index in [1.807, 2.05) is 12.1 Å². The summed E-state index contributed by atoms with van der Waals surface area (Å²) in [6.45, 7) is 4.88. The van der Waals surface area contributed by atoms with Crippen LogP contribution in [0.2, 0.25) is 0 Å². The molecule has 1 fully saturated rings. The lowest BCUT2D eigenvalue weighted by Crippen LogP contribution is -2.31. The normalized spacial score (nSPS) is 20.2. The Morgan fingerprint density at radius 1 is 1.04 bits per heavy atom. The molecule has 0 radical (unpaired) electrons. The van der Waals surface area contributed by atoms with Crippen molar-refractivity contribution in [1.29, 1.82) is 0 Å². The first-order chi connectivity index (χ1) is 13.3. The van der Waals surface area contributed by atoms with E-state index in [1.54, 1.807) is 18.2 Å². The molecular formula is C21H19ClF4O2. The number of alkyl halides is 3. The molecule has 0 amide bonds. The number of rotatable bonds is 6. The topological polar surface area (TPSA) is 18.5 Å². The van der Waals surface area contributed by atoms with Crippen LogP contribution >= 0.6 is 11.6 Å². The second-order valence-corrected chi connectivity index (χ2v) is 7.11. The highest BCUT2D eigenvalue weighted by Crippen LogP contribution is 2.37. The van der Waals surface area contributed by atoms with Gasteiger partial charge in [0, 0.05) is 12.3 Å². The Hall–Kier alpha value is -1.89. The molecule has 150 valence electrons. The maximum Gasteiger partial charge on any atom is 0.353 e. The first-order valence-corrected chi connectivity index (χ1v) is 9.17. The quantitative estimate of drug-likeness (QED) is 0.326. The van der Waals surface area contributed by atoms with Gasteiger partial charge in [-0.3, -0.25) is 0 Å². The van der Waals surface area contributed by atoms with Crippen LogP contribution in [0.25, 0.3) is 11.1 Å². The van der Waals surface area contributed by atoms with Gasteiger partial charge in [0.05, 0.1) is 13.2 Å². The van der Waals surface area contributed by atoms with Crippen molar-refractivity contribution in [1.82, 2.24) is 0 Å². The molecule has 2 aromatic rings. The van der Waals surface area contributed by atoms with E-state index in [2.05, 4.69) is 6.58 Å². The summed E-state index contributed by atoms with van der Waals surface area (Å²) in [6.07, 6.45) is 2.90. The minimum absolute atomic E-state index is 0.153. The highest BCUT2D eigenvalue weighted by Gasteiger charge is 2.35. The van der Waals surface area contributed by atoms with Gasteiger partial charge in [0.15, 0.2) is 6.29 Å². The predicted molar refractivity (Wildman–Crippen MR) is 99.2 cm³/mol. The predicted octanol–water partition coefficient (Wildman–Crippen LogP) is 6.03. The molecular weight excluding hydrogens is 396 g/mol. The van der Waals surface area contributed by atoms with Crippen molar-refractivity contribution in [2.45, 2.75) is 24.5 Å². The zero-order valence-electron chi connectivity index (χ0n) is 14.9. The van der Waals surface area contributed by atoms with Crippen molar-refractivity contribution in [3.05, 3.63) is 71.8 Å². The van der Waals surface area contributed by atoms with Gasteiger partial charge in [0.25, 0.3) is 0 Å². The van der Waals surface area contributed by atoms with Crippen molar-refractivity contribution in [3.8, 4) is 11.1 Å². The molecule has 0 bridgehead atoms. The molecule has 1 aliphatic rings. The van der Waals surface area contributed by atoms with E-state index in [0.29, 0.717) is 31.6 Å². The SMILES string of the molecule is C=CC1COC(CCc2ccc(-c3cc(F)c(C(F)(F)Cl)c(F)c3)cc2)OC1. The van der Waals surface area contributed by atoms with E-state index < -0.39 is 22.6 Å². The summed E-state index contributed by atoms with van der Waals surface area (Å²) in [5, 5.41) is -4.11. The van der Waals surface area contributed by atoms with Crippen LogP contribution in [0, 0.1) is 17.6 Å². The fourth-order valence-electron chi connectivity index (χ4n) is 3.02.